The molecular formula is C15H17Cl2NOS. The molecule has 20 heavy (non-hydrogen) atoms. The third-order valence-electron chi connectivity index (χ3n) is 4.04. The highest BCUT2D eigenvalue weighted by Crippen LogP contribution is 2.36. The SMILES string of the molecule is CCC1CCC(C#N)C(S(=O)c2ccc(Cl)c(Cl)c2)C1. The van der Waals surface area contributed by atoms with Crippen molar-refractivity contribution in [1.29, 1.82) is 5.26 Å². The Balaban J connectivity index is 2.24. The minimum atomic E-state index is -1.21. The lowest BCUT2D eigenvalue weighted by atomic mass is 9.81. The Labute approximate surface area is 132 Å². The highest BCUT2D eigenvalue weighted by Gasteiger charge is 2.34. The fourth-order valence-corrected chi connectivity index (χ4v) is 4.83. The van der Waals surface area contributed by atoms with Gasteiger partial charge in [-0.15, -0.1) is 0 Å². The monoisotopic (exact) mass is 329 g/mol. The molecule has 5 heteroatoms. The van der Waals surface area contributed by atoms with Gasteiger partial charge in [0.1, 0.15) is 0 Å². The van der Waals surface area contributed by atoms with Gasteiger partial charge in [-0.2, -0.15) is 5.26 Å². The average Bonchev–Trinajstić information content (AvgIpc) is 2.48. The van der Waals surface area contributed by atoms with Crippen LogP contribution in [0.2, 0.25) is 10.0 Å². The van der Waals surface area contributed by atoms with Gasteiger partial charge in [-0.3, -0.25) is 4.21 Å². The first-order valence-corrected chi connectivity index (χ1v) is 8.79. The van der Waals surface area contributed by atoms with Gasteiger partial charge in [0.25, 0.3) is 0 Å². The van der Waals surface area contributed by atoms with E-state index in [-0.39, 0.29) is 11.2 Å². The largest absolute Gasteiger partial charge is 0.254 e. The number of rotatable bonds is 3. The summed E-state index contributed by atoms with van der Waals surface area (Å²) in [5, 5.41) is 10.1. The maximum Gasteiger partial charge on any atom is 0.0668 e. The van der Waals surface area contributed by atoms with Crippen molar-refractivity contribution in [3.63, 3.8) is 0 Å². The van der Waals surface area contributed by atoms with Gasteiger partial charge in [-0.05, 0) is 43.4 Å². The van der Waals surface area contributed by atoms with E-state index < -0.39 is 10.8 Å². The molecule has 108 valence electrons. The lowest BCUT2D eigenvalue weighted by molar-refractivity contribution is 0.313. The molecule has 1 aliphatic carbocycles. The summed E-state index contributed by atoms with van der Waals surface area (Å²) in [6, 6.07) is 7.39. The van der Waals surface area contributed by atoms with E-state index >= 15 is 0 Å². The molecule has 1 aromatic carbocycles. The van der Waals surface area contributed by atoms with Crippen LogP contribution in [0.3, 0.4) is 0 Å². The molecule has 1 saturated carbocycles. The van der Waals surface area contributed by atoms with Crippen molar-refractivity contribution in [2.45, 2.75) is 42.8 Å². The number of nitrogens with zero attached hydrogens (tertiary/aromatic N) is 1. The Morgan fingerprint density at radius 1 is 1.35 bits per heavy atom. The summed E-state index contributed by atoms with van der Waals surface area (Å²) in [4.78, 5) is 0.668. The van der Waals surface area contributed by atoms with Crippen LogP contribution >= 0.6 is 23.2 Å². The molecule has 1 fully saturated rings. The summed E-state index contributed by atoms with van der Waals surface area (Å²) in [7, 11) is -1.21. The second-order valence-corrected chi connectivity index (χ2v) is 7.72. The fourth-order valence-electron chi connectivity index (χ4n) is 2.74. The Kier molecular flexibility index (Phi) is 5.49. The zero-order valence-corrected chi connectivity index (χ0v) is 13.6. The zero-order valence-electron chi connectivity index (χ0n) is 11.3. The first kappa shape index (κ1) is 15.8. The lowest BCUT2D eigenvalue weighted by Gasteiger charge is -2.31. The topological polar surface area (TPSA) is 40.9 Å². The van der Waals surface area contributed by atoms with Crippen molar-refractivity contribution in [1.82, 2.24) is 0 Å². The maximum absolute atomic E-state index is 12.8. The van der Waals surface area contributed by atoms with E-state index in [4.69, 9.17) is 23.2 Å². The quantitative estimate of drug-likeness (QED) is 0.797. The highest BCUT2D eigenvalue weighted by molar-refractivity contribution is 7.85. The summed E-state index contributed by atoms with van der Waals surface area (Å²) in [6.45, 7) is 2.15. The van der Waals surface area contributed by atoms with Crippen molar-refractivity contribution < 1.29 is 4.21 Å². The van der Waals surface area contributed by atoms with Crippen LogP contribution in [0, 0.1) is 23.2 Å². The molecule has 0 aliphatic heterocycles. The molecule has 0 N–H and O–H groups in total. The number of hydrogen-bond acceptors (Lipinski definition) is 2. The first-order chi connectivity index (χ1) is 9.56. The molecule has 0 spiro atoms. The Hall–Kier alpha value is -0.560. The molecule has 0 radical (unpaired) electrons. The first-order valence-electron chi connectivity index (χ1n) is 6.82. The second kappa shape index (κ2) is 6.93. The number of hydrogen-bond donors (Lipinski definition) is 0. The van der Waals surface area contributed by atoms with E-state index in [2.05, 4.69) is 13.0 Å². The molecule has 0 saturated heterocycles. The van der Waals surface area contributed by atoms with Crippen LogP contribution in [0.1, 0.15) is 32.6 Å². The molecule has 4 unspecified atom stereocenters. The minimum absolute atomic E-state index is 0.101. The molecule has 4 atom stereocenters. The van der Waals surface area contributed by atoms with Crippen LogP contribution in [-0.2, 0) is 10.8 Å². The Morgan fingerprint density at radius 2 is 2.10 bits per heavy atom. The molecule has 1 aromatic rings. The summed E-state index contributed by atoms with van der Waals surface area (Å²) in [5.41, 5.74) is 0. The summed E-state index contributed by atoms with van der Waals surface area (Å²) >= 11 is 11.9. The van der Waals surface area contributed by atoms with Crippen molar-refractivity contribution in [2.75, 3.05) is 0 Å². The third kappa shape index (κ3) is 3.36. The fraction of sp³-hybridized carbons (Fsp3) is 0.533. The lowest BCUT2D eigenvalue weighted by Crippen LogP contribution is -2.32. The summed E-state index contributed by atoms with van der Waals surface area (Å²) in [5.74, 6) is 0.435. The summed E-state index contributed by atoms with van der Waals surface area (Å²) in [6.07, 6.45) is 3.82. The van der Waals surface area contributed by atoms with Gasteiger partial charge in [0.15, 0.2) is 0 Å². The van der Waals surface area contributed by atoms with E-state index in [0.29, 0.717) is 20.9 Å². The minimum Gasteiger partial charge on any atom is -0.254 e. The molecule has 0 heterocycles. The van der Waals surface area contributed by atoms with Gasteiger partial charge in [-0.1, -0.05) is 36.5 Å². The zero-order chi connectivity index (χ0) is 14.7. The standard InChI is InChI=1S/C15H17Cl2NOS/c1-2-10-3-4-11(9-18)15(7-10)20(19)12-5-6-13(16)14(17)8-12/h5-6,8,10-11,15H,2-4,7H2,1H3. The van der Waals surface area contributed by atoms with Crippen molar-refractivity contribution in [3.8, 4) is 6.07 Å². The predicted molar refractivity (Wildman–Crippen MR) is 83.4 cm³/mol. The Bertz CT molecular complexity index is 555. The van der Waals surface area contributed by atoms with Crippen LogP contribution in [0.4, 0.5) is 0 Å². The molecular weight excluding hydrogens is 313 g/mol. The number of halogens is 2. The molecule has 0 amide bonds. The van der Waals surface area contributed by atoms with Crippen LogP contribution < -0.4 is 0 Å². The average molecular weight is 330 g/mol. The van der Waals surface area contributed by atoms with Crippen LogP contribution in [-0.4, -0.2) is 9.46 Å². The third-order valence-corrected chi connectivity index (χ3v) is 6.57. The van der Waals surface area contributed by atoms with Crippen molar-refractivity contribution in [2.24, 2.45) is 11.8 Å². The number of benzene rings is 1. The van der Waals surface area contributed by atoms with Gasteiger partial charge in [0.2, 0.25) is 0 Å². The van der Waals surface area contributed by atoms with Gasteiger partial charge >= 0.3 is 0 Å². The van der Waals surface area contributed by atoms with Gasteiger partial charge in [0, 0.05) is 4.90 Å². The number of nitriles is 1. The molecule has 2 rings (SSSR count). The van der Waals surface area contributed by atoms with Gasteiger partial charge in [-0.25, -0.2) is 0 Å². The van der Waals surface area contributed by atoms with Crippen LogP contribution in [0.5, 0.6) is 0 Å². The molecule has 1 aliphatic rings. The van der Waals surface area contributed by atoms with Crippen molar-refractivity contribution in [3.05, 3.63) is 28.2 Å². The predicted octanol–water partition coefficient (Wildman–Crippen LogP) is 4.82. The van der Waals surface area contributed by atoms with Crippen molar-refractivity contribution >= 4 is 34.0 Å². The van der Waals surface area contributed by atoms with E-state index in [0.717, 1.165) is 25.7 Å². The van der Waals surface area contributed by atoms with Crippen LogP contribution in [0.15, 0.2) is 23.1 Å². The van der Waals surface area contributed by atoms with Gasteiger partial charge < -0.3 is 0 Å². The van der Waals surface area contributed by atoms with E-state index in [1.807, 2.05) is 0 Å². The second-order valence-electron chi connectivity index (χ2n) is 5.23. The molecule has 2 nitrogen and oxygen atoms in total. The normalized spacial score (nSPS) is 27.8. The molecule has 0 aromatic heterocycles. The van der Waals surface area contributed by atoms with E-state index in [9.17, 15) is 9.47 Å². The maximum atomic E-state index is 12.8. The Morgan fingerprint density at radius 3 is 2.70 bits per heavy atom. The van der Waals surface area contributed by atoms with E-state index in [1.165, 1.54) is 0 Å². The smallest absolute Gasteiger partial charge is 0.0668 e. The van der Waals surface area contributed by atoms with E-state index in [1.54, 1.807) is 18.2 Å². The highest BCUT2D eigenvalue weighted by atomic mass is 35.5. The van der Waals surface area contributed by atoms with Gasteiger partial charge in [0.05, 0.1) is 38.1 Å². The summed E-state index contributed by atoms with van der Waals surface area (Å²) < 4.78 is 12.8. The molecule has 0 bridgehead atoms. The van der Waals surface area contributed by atoms with Crippen LogP contribution in [0.25, 0.3) is 0 Å².